The van der Waals surface area contributed by atoms with Crippen LogP contribution < -0.4 is 11.4 Å². The fourth-order valence-electron chi connectivity index (χ4n) is 1.22. The van der Waals surface area contributed by atoms with Crippen molar-refractivity contribution in [2.24, 2.45) is 0 Å². The largest absolute Gasteiger partial charge is 0.384 e. The van der Waals surface area contributed by atoms with Crippen LogP contribution in [0.1, 0.15) is 5.56 Å². The maximum Gasteiger partial charge on any atom is 0.348 e. The number of nitrogens with two attached hydrogens (primary N) is 1. The van der Waals surface area contributed by atoms with E-state index in [1.165, 1.54) is 0 Å². The molecule has 2 heterocycles. The normalized spacial score (nSPS) is 10.3. The fraction of sp³-hybridized carbons (Fsp3) is 0. The lowest BCUT2D eigenvalue weighted by Crippen LogP contribution is -2.12. The number of nitrogens with zero attached hydrogens (tertiary/aromatic N) is 2. The lowest BCUT2D eigenvalue weighted by molar-refractivity contribution is 1.11. The van der Waals surface area contributed by atoms with Crippen LogP contribution in [-0.2, 0) is 0 Å². The molecule has 0 atom stereocenters. The number of aromatic nitrogens is 3. The van der Waals surface area contributed by atoms with Crippen LogP contribution in [0.15, 0.2) is 9.40 Å². The van der Waals surface area contributed by atoms with Gasteiger partial charge in [-0.25, -0.2) is 4.79 Å². The SMILES string of the molecule is N#Cc1c(Br)[nH]c2nc(=O)[nH]c(N)c12. The summed E-state index contributed by atoms with van der Waals surface area (Å²) in [6.07, 6.45) is 0. The average molecular weight is 254 g/mol. The van der Waals surface area contributed by atoms with Gasteiger partial charge in [0.25, 0.3) is 0 Å². The second-order valence-corrected chi connectivity index (χ2v) is 3.40. The van der Waals surface area contributed by atoms with Crippen LogP contribution in [0, 0.1) is 11.3 Å². The maximum absolute atomic E-state index is 10.9. The molecule has 70 valence electrons. The van der Waals surface area contributed by atoms with Gasteiger partial charge in [-0.1, -0.05) is 0 Å². The zero-order valence-corrected chi connectivity index (χ0v) is 8.34. The first-order valence-electron chi connectivity index (χ1n) is 3.60. The van der Waals surface area contributed by atoms with Crippen molar-refractivity contribution < 1.29 is 0 Å². The van der Waals surface area contributed by atoms with Gasteiger partial charge in [0, 0.05) is 0 Å². The first-order valence-corrected chi connectivity index (χ1v) is 4.40. The number of aromatic amines is 2. The highest BCUT2D eigenvalue weighted by molar-refractivity contribution is 9.10. The van der Waals surface area contributed by atoms with Crippen LogP contribution in [-0.4, -0.2) is 15.0 Å². The number of fused-ring (bicyclic) bond motifs is 1. The summed E-state index contributed by atoms with van der Waals surface area (Å²) in [5.41, 5.74) is 5.65. The molecule has 0 aliphatic carbocycles. The van der Waals surface area contributed by atoms with Gasteiger partial charge in [-0.2, -0.15) is 10.2 Å². The fourth-order valence-corrected chi connectivity index (χ4v) is 1.69. The highest BCUT2D eigenvalue weighted by atomic mass is 79.9. The van der Waals surface area contributed by atoms with Crippen LogP contribution in [0.25, 0.3) is 11.0 Å². The Labute approximate surface area is 85.9 Å². The number of nitrogens with one attached hydrogen (secondary N) is 2. The first-order chi connectivity index (χ1) is 6.63. The van der Waals surface area contributed by atoms with Crippen molar-refractivity contribution in [1.82, 2.24) is 15.0 Å². The van der Waals surface area contributed by atoms with Crippen molar-refractivity contribution in [3.63, 3.8) is 0 Å². The quantitative estimate of drug-likeness (QED) is 0.634. The minimum atomic E-state index is -0.548. The minimum Gasteiger partial charge on any atom is -0.384 e. The van der Waals surface area contributed by atoms with Crippen LogP contribution in [0.3, 0.4) is 0 Å². The summed E-state index contributed by atoms with van der Waals surface area (Å²) < 4.78 is 0.466. The molecule has 0 spiro atoms. The van der Waals surface area contributed by atoms with Crippen molar-refractivity contribution in [2.75, 3.05) is 5.73 Å². The van der Waals surface area contributed by atoms with E-state index < -0.39 is 5.69 Å². The molecule has 7 heteroatoms. The third-order valence-electron chi connectivity index (χ3n) is 1.77. The molecule has 0 amide bonds. The smallest absolute Gasteiger partial charge is 0.348 e. The van der Waals surface area contributed by atoms with Crippen LogP contribution in [0.4, 0.5) is 5.82 Å². The van der Waals surface area contributed by atoms with Gasteiger partial charge in [0.05, 0.1) is 10.9 Å². The summed E-state index contributed by atoms with van der Waals surface area (Å²) in [6.45, 7) is 0. The molecule has 0 bridgehead atoms. The number of hydrogen-bond donors (Lipinski definition) is 3. The Morgan fingerprint density at radius 2 is 2.21 bits per heavy atom. The molecule has 2 rings (SSSR count). The van der Waals surface area contributed by atoms with E-state index in [1.54, 1.807) is 0 Å². The highest BCUT2D eigenvalue weighted by Gasteiger charge is 2.13. The molecule has 2 aromatic rings. The van der Waals surface area contributed by atoms with Crippen molar-refractivity contribution in [1.29, 1.82) is 5.26 Å². The summed E-state index contributed by atoms with van der Waals surface area (Å²) >= 11 is 3.14. The molecule has 2 aromatic heterocycles. The van der Waals surface area contributed by atoms with Crippen LogP contribution >= 0.6 is 15.9 Å². The number of nitrogen functional groups attached to an aromatic ring is 1. The monoisotopic (exact) mass is 253 g/mol. The lowest BCUT2D eigenvalue weighted by Gasteiger charge is -1.93. The van der Waals surface area contributed by atoms with Crippen molar-refractivity contribution in [3.8, 4) is 6.07 Å². The van der Waals surface area contributed by atoms with Crippen LogP contribution in [0.5, 0.6) is 0 Å². The Kier molecular flexibility index (Phi) is 1.79. The molecule has 14 heavy (non-hydrogen) atoms. The molecule has 0 unspecified atom stereocenters. The summed E-state index contributed by atoms with van der Waals surface area (Å²) in [4.78, 5) is 19.6. The van der Waals surface area contributed by atoms with Gasteiger partial charge in [-0.05, 0) is 15.9 Å². The number of anilines is 1. The Hall–Kier alpha value is -1.81. The third-order valence-corrected chi connectivity index (χ3v) is 2.37. The maximum atomic E-state index is 10.9. The van der Waals surface area contributed by atoms with E-state index >= 15 is 0 Å². The predicted octanol–water partition coefficient (Wildman–Crippen LogP) is 0.468. The van der Waals surface area contributed by atoms with Gasteiger partial charge < -0.3 is 10.7 Å². The molecule has 0 aliphatic heterocycles. The Morgan fingerprint density at radius 1 is 1.50 bits per heavy atom. The molecule has 0 aliphatic rings. The molecule has 6 nitrogen and oxygen atoms in total. The molecule has 4 N–H and O–H groups in total. The van der Waals surface area contributed by atoms with Crippen LogP contribution in [0.2, 0.25) is 0 Å². The highest BCUT2D eigenvalue weighted by Crippen LogP contribution is 2.26. The molecule has 0 saturated heterocycles. The predicted molar refractivity (Wildman–Crippen MR) is 53.5 cm³/mol. The Bertz CT molecular complexity index is 605. The van der Waals surface area contributed by atoms with Crippen molar-refractivity contribution in [3.05, 3.63) is 20.7 Å². The van der Waals surface area contributed by atoms with Gasteiger partial charge >= 0.3 is 5.69 Å². The topological polar surface area (TPSA) is 111 Å². The standard InChI is InChI=1S/C7H4BrN5O/c8-4-2(1-9)3-5(10)12-7(14)13-6(3)11-4/h(H4,10,11,12,13,14). The molecule has 0 saturated carbocycles. The van der Waals surface area contributed by atoms with Crippen molar-refractivity contribution in [2.45, 2.75) is 0 Å². The molecular formula is C7H4BrN5O. The van der Waals surface area contributed by atoms with Gasteiger partial charge in [0.2, 0.25) is 0 Å². The number of H-pyrrole nitrogens is 2. The van der Waals surface area contributed by atoms with Gasteiger partial charge in [-0.3, -0.25) is 4.98 Å². The zero-order chi connectivity index (χ0) is 10.3. The summed E-state index contributed by atoms with van der Waals surface area (Å²) in [5, 5.41) is 9.25. The molecular weight excluding hydrogens is 250 g/mol. The number of hydrogen-bond acceptors (Lipinski definition) is 4. The average Bonchev–Trinajstić information content (AvgIpc) is 2.40. The van der Waals surface area contributed by atoms with E-state index in [1.807, 2.05) is 6.07 Å². The van der Waals surface area contributed by atoms with E-state index in [4.69, 9.17) is 11.0 Å². The van der Waals surface area contributed by atoms with E-state index in [0.29, 0.717) is 21.2 Å². The van der Waals surface area contributed by atoms with Gasteiger partial charge in [0.1, 0.15) is 22.1 Å². The second kappa shape index (κ2) is 2.85. The first kappa shape index (κ1) is 8.77. The van der Waals surface area contributed by atoms with E-state index in [2.05, 4.69) is 30.9 Å². The van der Waals surface area contributed by atoms with Gasteiger partial charge in [0.15, 0.2) is 0 Å². The summed E-state index contributed by atoms with van der Waals surface area (Å²) in [5.74, 6) is 0.138. The molecule has 0 aromatic carbocycles. The van der Waals surface area contributed by atoms with E-state index in [0.717, 1.165) is 0 Å². The molecule has 0 fully saturated rings. The Balaban J connectivity index is 3.04. The van der Waals surface area contributed by atoms with Gasteiger partial charge in [-0.15, -0.1) is 0 Å². The summed E-state index contributed by atoms with van der Waals surface area (Å²) in [6, 6.07) is 1.96. The number of halogens is 1. The Morgan fingerprint density at radius 3 is 2.86 bits per heavy atom. The zero-order valence-electron chi connectivity index (χ0n) is 6.76. The minimum absolute atomic E-state index is 0.138. The van der Waals surface area contributed by atoms with E-state index in [-0.39, 0.29) is 5.82 Å². The lowest BCUT2D eigenvalue weighted by atomic mass is 10.2. The molecule has 0 radical (unpaired) electrons. The van der Waals surface area contributed by atoms with Crippen molar-refractivity contribution >= 4 is 32.8 Å². The summed E-state index contributed by atoms with van der Waals surface area (Å²) in [7, 11) is 0. The second-order valence-electron chi connectivity index (χ2n) is 2.61. The number of rotatable bonds is 0. The third kappa shape index (κ3) is 1.08. The number of nitriles is 1. The van der Waals surface area contributed by atoms with E-state index in [9.17, 15) is 4.79 Å².